The first-order chi connectivity index (χ1) is 7.68. The van der Waals surface area contributed by atoms with Crippen molar-refractivity contribution in [3.05, 3.63) is 42.1 Å². The molecule has 16 heavy (non-hydrogen) atoms. The lowest BCUT2D eigenvalue weighted by molar-refractivity contribution is 0.0934. The molecule has 82 valence electrons. The van der Waals surface area contributed by atoms with Crippen molar-refractivity contribution in [2.24, 2.45) is 5.92 Å². The number of aromatic nitrogens is 2. The van der Waals surface area contributed by atoms with Gasteiger partial charge >= 0.3 is 0 Å². The van der Waals surface area contributed by atoms with E-state index in [1.807, 2.05) is 44.2 Å². The van der Waals surface area contributed by atoms with E-state index in [1.54, 1.807) is 6.07 Å². The first kappa shape index (κ1) is 10.6. The Balaban J connectivity index is 2.30. The number of aromatic amines is 1. The van der Waals surface area contributed by atoms with Crippen molar-refractivity contribution in [1.29, 1.82) is 0 Å². The number of nitrogens with one attached hydrogen (secondary N) is 1. The van der Waals surface area contributed by atoms with Crippen LogP contribution >= 0.6 is 0 Å². The van der Waals surface area contributed by atoms with Gasteiger partial charge < -0.3 is 0 Å². The summed E-state index contributed by atoms with van der Waals surface area (Å²) < 4.78 is 0. The molecule has 0 amide bonds. The van der Waals surface area contributed by atoms with Crippen molar-refractivity contribution < 1.29 is 4.79 Å². The van der Waals surface area contributed by atoms with Crippen molar-refractivity contribution in [3.63, 3.8) is 0 Å². The number of rotatable bonds is 3. The van der Waals surface area contributed by atoms with Gasteiger partial charge in [0, 0.05) is 11.5 Å². The Kier molecular flexibility index (Phi) is 2.86. The van der Waals surface area contributed by atoms with Crippen LogP contribution in [-0.2, 0) is 0 Å². The first-order valence-electron chi connectivity index (χ1n) is 5.33. The third kappa shape index (κ3) is 2.03. The normalized spacial score (nSPS) is 10.7. The van der Waals surface area contributed by atoms with E-state index in [1.165, 1.54) is 0 Å². The van der Waals surface area contributed by atoms with Crippen LogP contribution in [-0.4, -0.2) is 16.0 Å². The van der Waals surface area contributed by atoms with Crippen LogP contribution in [0.1, 0.15) is 24.3 Å². The number of carbonyl (C=O) groups excluding carboxylic acids is 1. The summed E-state index contributed by atoms with van der Waals surface area (Å²) in [6, 6.07) is 11.6. The minimum atomic E-state index is -0.0101. The Bertz CT molecular complexity index is 486. The number of benzene rings is 1. The molecule has 1 heterocycles. The Labute approximate surface area is 94.5 Å². The summed E-state index contributed by atoms with van der Waals surface area (Å²) in [5.74, 6) is 0.0822. The molecule has 2 rings (SSSR count). The average Bonchev–Trinajstić information content (AvgIpc) is 2.78. The molecule has 0 aliphatic heterocycles. The number of hydrogen-bond donors (Lipinski definition) is 1. The highest BCUT2D eigenvalue weighted by molar-refractivity contribution is 5.96. The van der Waals surface area contributed by atoms with Crippen LogP contribution in [0.2, 0.25) is 0 Å². The van der Waals surface area contributed by atoms with E-state index in [0.717, 1.165) is 11.3 Å². The second-order valence-electron chi connectivity index (χ2n) is 4.05. The van der Waals surface area contributed by atoms with Gasteiger partial charge in [0.05, 0.1) is 5.69 Å². The van der Waals surface area contributed by atoms with Crippen molar-refractivity contribution in [2.45, 2.75) is 13.8 Å². The lowest BCUT2D eigenvalue weighted by atomic mass is 10.1. The number of ketones is 1. The van der Waals surface area contributed by atoms with Crippen LogP contribution < -0.4 is 0 Å². The molecule has 3 nitrogen and oxygen atoms in total. The molecular formula is C13H14N2O. The number of Topliss-reactive ketones (excluding diaryl/α,β-unsaturated/α-hetero) is 1. The zero-order chi connectivity index (χ0) is 11.5. The minimum absolute atomic E-state index is 0.0101. The van der Waals surface area contributed by atoms with E-state index in [2.05, 4.69) is 10.2 Å². The maximum Gasteiger partial charge on any atom is 0.183 e. The highest BCUT2D eigenvalue weighted by Crippen LogP contribution is 2.18. The van der Waals surface area contributed by atoms with Crippen LogP contribution in [0.15, 0.2) is 36.4 Å². The van der Waals surface area contributed by atoms with Gasteiger partial charge in [-0.15, -0.1) is 0 Å². The average molecular weight is 214 g/mol. The summed E-state index contributed by atoms with van der Waals surface area (Å²) in [7, 11) is 0. The third-order valence-electron chi connectivity index (χ3n) is 2.44. The van der Waals surface area contributed by atoms with Crippen molar-refractivity contribution >= 4 is 5.78 Å². The van der Waals surface area contributed by atoms with Crippen LogP contribution in [0.3, 0.4) is 0 Å². The van der Waals surface area contributed by atoms with Crippen LogP contribution in [0.25, 0.3) is 11.3 Å². The minimum Gasteiger partial charge on any atom is -0.292 e. The van der Waals surface area contributed by atoms with Gasteiger partial charge in [-0.25, -0.2) is 0 Å². The SMILES string of the molecule is CC(C)C(=O)c1cc(-c2ccccc2)n[nH]1. The van der Waals surface area contributed by atoms with E-state index in [9.17, 15) is 4.79 Å². The lowest BCUT2D eigenvalue weighted by Gasteiger charge is -1.98. The molecule has 0 atom stereocenters. The second-order valence-corrected chi connectivity index (χ2v) is 4.05. The van der Waals surface area contributed by atoms with E-state index >= 15 is 0 Å². The van der Waals surface area contributed by atoms with E-state index < -0.39 is 0 Å². The molecule has 0 unspecified atom stereocenters. The Hall–Kier alpha value is -1.90. The fourth-order valence-electron chi connectivity index (χ4n) is 1.52. The third-order valence-corrected chi connectivity index (χ3v) is 2.44. The monoisotopic (exact) mass is 214 g/mol. The topological polar surface area (TPSA) is 45.8 Å². The number of nitrogens with zero attached hydrogens (tertiary/aromatic N) is 1. The predicted octanol–water partition coefficient (Wildman–Crippen LogP) is 2.92. The van der Waals surface area contributed by atoms with Crippen LogP contribution in [0.4, 0.5) is 0 Å². The number of H-pyrrole nitrogens is 1. The van der Waals surface area contributed by atoms with E-state index in [4.69, 9.17) is 0 Å². The summed E-state index contributed by atoms with van der Waals surface area (Å²) in [5, 5.41) is 6.93. The van der Waals surface area contributed by atoms with Crippen molar-refractivity contribution in [2.75, 3.05) is 0 Å². The highest BCUT2D eigenvalue weighted by Gasteiger charge is 2.13. The highest BCUT2D eigenvalue weighted by atomic mass is 16.1. The molecule has 2 aromatic rings. The zero-order valence-corrected chi connectivity index (χ0v) is 9.40. The molecular weight excluding hydrogens is 200 g/mol. The first-order valence-corrected chi connectivity index (χ1v) is 5.33. The lowest BCUT2D eigenvalue weighted by Crippen LogP contribution is -2.07. The Morgan fingerprint density at radius 3 is 2.56 bits per heavy atom. The standard InChI is InChI=1S/C13H14N2O/c1-9(2)13(16)12-8-11(14-15-12)10-6-4-3-5-7-10/h3-9H,1-2H3,(H,14,15). The maximum absolute atomic E-state index is 11.7. The fraction of sp³-hybridized carbons (Fsp3) is 0.231. The van der Waals surface area contributed by atoms with Gasteiger partial charge in [-0.05, 0) is 6.07 Å². The molecule has 1 aromatic heterocycles. The summed E-state index contributed by atoms with van der Waals surface area (Å²) in [5.41, 5.74) is 2.40. The molecule has 0 spiro atoms. The molecule has 0 fully saturated rings. The van der Waals surface area contributed by atoms with E-state index in [-0.39, 0.29) is 11.7 Å². The van der Waals surface area contributed by atoms with Gasteiger partial charge in [0.15, 0.2) is 5.78 Å². The van der Waals surface area contributed by atoms with Crippen molar-refractivity contribution in [1.82, 2.24) is 10.2 Å². The molecule has 0 bridgehead atoms. The molecule has 0 saturated carbocycles. The summed E-state index contributed by atoms with van der Waals surface area (Å²) in [6.07, 6.45) is 0. The van der Waals surface area contributed by atoms with Gasteiger partial charge in [-0.3, -0.25) is 9.89 Å². The summed E-state index contributed by atoms with van der Waals surface area (Å²) in [6.45, 7) is 3.76. The van der Waals surface area contributed by atoms with Gasteiger partial charge in [0.2, 0.25) is 0 Å². The summed E-state index contributed by atoms with van der Waals surface area (Å²) in [4.78, 5) is 11.7. The molecule has 1 N–H and O–H groups in total. The number of hydrogen-bond acceptors (Lipinski definition) is 2. The van der Waals surface area contributed by atoms with Crippen molar-refractivity contribution in [3.8, 4) is 11.3 Å². The second kappa shape index (κ2) is 4.31. The van der Waals surface area contributed by atoms with Gasteiger partial charge in [0.25, 0.3) is 0 Å². The quantitative estimate of drug-likeness (QED) is 0.798. The van der Waals surface area contributed by atoms with Crippen LogP contribution in [0.5, 0.6) is 0 Å². The summed E-state index contributed by atoms with van der Waals surface area (Å²) >= 11 is 0. The molecule has 1 aromatic carbocycles. The smallest absolute Gasteiger partial charge is 0.183 e. The molecule has 0 aliphatic rings. The van der Waals surface area contributed by atoms with Gasteiger partial charge in [-0.1, -0.05) is 44.2 Å². The van der Waals surface area contributed by atoms with Crippen LogP contribution in [0, 0.1) is 5.92 Å². The number of carbonyl (C=O) groups is 1. The Morgan fingerprint density at radius 1 is 1.25 bits per heavy atom. The van der Waals surface area contributed by atoms with E-state index in [0.29, 0.717) is 5.69 Å². The largest absolute Gasteiger partial charge is 0.292 e. The molecule has 0 aliphatic carbocycles. The maximum atomic E-state index is 11.7. The Morgan fingerprint density at radius 2 is 1.94 bits per heavy atom. The predicted molar refractivity (Wildman–Crippen MR) is 63.2 cm³/mol. The fourth-order valence-corrected chi connectivity index (χ4v) is 1.52. The van der Waals surface area contributed by atoms with Gasteiger partial charge in [0.1, 0.15) is 5.69 Å². The zero-order valence-electron chi connectivity index (χ0n) is 9.40. The van der Waals surface area contributed by atoms with Gasteiger partial charge in [-0.2, -0.15) is 5.10 Å². The molecule has 3 heteroatoms. The molecule has 0 saturated heterocycles. The molecule has 0 radical (unpaired) electrons.